The van der Waals surface area contributed by atoms with E-state index >= 15 is 0 Å². The van der Waals surface area contributed by atoms with Crippen LogP contribution in [0.4, 0.5) is 0 Å². The summed E-state index contributed by atoms with van der Waals surface area (Å²) in [4.78, 5) is 8.38. The first-order valence-corrected chi connectivity index (χ1v) is 6.36. The van der Waals surface area contributed by atoms with Crippen LogP contribution in [0.2, 0.25) is 0 Å². The molecule has 0 bridgehead atoms. The van der Waals surface area contributed by atoms with Gasteiger partial charge in [0.15, 0.2) is 0 Å². The lowest BCUT2D eigenvalue weighted by molar-refractivity contribution is 0.103. The van der Waals surface area contributed by atoms with Crippen molar-refractivity contribution in [2.24, 2.45) is 5.92 Å². The highest BCUT2D eigenvalue weighted by molar-refractivity contribution is 4.95. The molecule has 1 aromatic rings. The van der Waals surface area contributed by atoms with Gasteiger partial charge in [-0.25, -0.2) is 9.97 Å². The van der Waals surface area contributed by atoms with Gasteiger partial charge in [0.1, 0.15) is 5.82 Å². The Hall–Kier alpha value is -1.00. The molecule has 4 heteroatoms. The first kappa shape index (κ1) is 12.5. The monoisotopic (exact) mass is 235 g/mol. The molecule has 0 unspecified atom stereocenters. The number of aromatic nitrogens is 2. The minimum absolute atomic E-state index is 0.119. The van der Waals surface area contributed by atoms with Gasteiger partial charge >= 0.3 is 0 Å². The average molecular weight is 235 g/mol. The first-order valence-electron chi connectivity index (χ1n) is 6.36. The molecular weight excluding hydrogens is 214 g/mol. The summed E-state index contributed by atoms with van der Waals surface area (Å²) in [5.41, 5.74) is -0.119. The van der Waals surface area contributed by atoms with E-state index in [9.17, 15) is 5.11 Å². The SMILES string of the molecule is CC1CCC(CO)(NCc2ncccn2)CC1. The fourth-order valence-corrected chi connectivity index (χ4v) is 2.39. The van der Waals surface area contributed by atoms with Crippen LogP contribution in [0.3, 0.4) is 0 Å². The lowest BCUT2D eigenvalue weighted by Crippen LogP contribution is -2.50. The van der Waals surface area contributed by atoms with Crippen molar-refractivity contribution >= 4 is 0 Å². The van der Waals surface area contributed by atoms with Gasteiger partial charge in [-0.1, -0.05) is 6.92 Å². The zero-order chi connectivity index (χ0) is 12.1. The van der Waals surface area contributed by atoms with E-state index in [-0.39, 0.29) is 12.1 Å². The Morgan fingerprint density at radius 3 is 2.59 bits per heavy atom. The fourth-order valence-electron chi connectivity index (χ4n) is 2.39. The van der Waals surface area contributed by atoms with E-state index in [4.69, 9.17) is 0 Å². The molecule has 0 spiro atoms. The van der Waals surface area contributed by atoms with Gasteiger partial charge in [-0.05, 0) is 37.7 Å². The van der Waals surface area contributed by atoms with Crippen molar-refractivity contribution in [3.05, 3.63) is 24.3 Å². The van der Waals surface area contributed by atoms with Crippen molar-refractivity contribution in [3.8, 4) is 0 Å². The summed E-state index contributed by atoms with van der Waals surface area (Å²) in [6.45, 7) is 3.12. The number of nitrogens with zero attached hydrogens (tertiary/aromatic N) is 2. The maximum atomic E-state index is 9.60. The molecule has 1 fully saturated rings. The molecular formula is C13H21N3O. The summed E-state index contributed by atoms with van der Waals surface area (Å²) in [5, 5.41) is 13.0. The van der Waals surface area contributed by atoms with Crippen molar-refractivity contribution < 1.29 is 5.11 Å². The van der Waals surface area contributed by atoms with Crippen LogP contribution in [-0.4, -0.2) is 27.2 Å². The number of hydrogen-bond acceptors (Lipinski definition) is 4. The molecule has 0 aromatic carbocycles. The predicted octanol–water partition coefficient (Wildman–Crippen LogP) is 1.51. The third kappa shape index (κ3) is 3.23. The Bertz CT molecular complexity index is 334. The molecule has 1 aromatic heterocycles. The van der Waals surface area contributed by atoms with Crippen LogP contribution in [-0.2, 0) is 6.54 Å². The van der Waals surface area contributed by atoms with Crippen molar-refractivity contribution in [3.63, 3.8) is 0 Å². The molecule has 17 heavy (non-hydrogen) atoms. The third-order valence-electron chi connectivity index (χ3n) is 3.77. The lowest BCUT2D eigenvalue weighted by atomic mass is 9.77. The molecule has 1 saturated carbocycles. The molecule has 0 radical (unpaired) electrons. The molecule has 2 N–H and O–H groups in total. The van der Waals surface area contributed by atoms with Gasteiger partial charge in [-0.2, -0.15) is 0 Å². The van der Waals surface area contributed by atoms with Crippen LogP contribution in [0, 0.1) is 5.92 Å². The predicted molar refractivity (Wildman–Crippen MR) is 66.3 cm³/mol. The largest absolute Gasteiger partial charge is 0.394 e. The highest BCUT2D eigenvalue weighted by atomic mass is 16.3. The van der Waals surface area contributed by atoms with Crippen molar-refractivity contribution in [1.29, 1.82) is 0 Å². The number of aliphatic hydroxyl groups is 1. The zero-order valence-corrected chi connectivity index (χ0v) is 10.4. The zero-order valence-electron chi connectivity index (χ0n) is 10.4. The second-order valence-corrected chi connectivity index (χ2v) is 5.14. The van der Waals surface area contributed by atoms with Crippen molar-refractivity contribution in [1.82, 2.24) is 15.3 Å². The maximum absolute atomic E-state index is 9.60. The van der Waals surface area contributed by atoms with E-state index < -0.39 is 0 Å². The minimum atomic E-state index is -0.119. The highest BCUT2D eigenvalue weighted by Crippen LogP contribution is 2.31. The van der Waals surface area contributed by atoms with E-state index in [0.29, 0.717) is 6.54 Å². The van der Waals surface area contributed by atoms with Crippen molar-refractivity contribution in [2.75, 3.05) is 6.61 Å². The summed E-state index contributed by atoms with van der Waals surface area (Å²) in [6.07, 6.45) is 7.94. The summed E-state index contributed by atoms with van der Waals surface area (Å²) in [5.74, 6) is 1.57. The van der Waals surface area contributed by atoms with Crippen LogP contribution in [0.1, 0.15) is 38.4 Å². The minimum Gasteiger partial charge on any atom is -0.394 e. The molecule has 0 aliphatic heterocycles. The van der Waals surface area contributed by atoms with E-state index in [1.165, 1.54) is 12.8 Å². The summed E-state index contributed by atoms with van der Waals surface area (Å²) in [7, 11) is 0. The van der Waals surface area contributed by atoms with Gasteiger partial charge in [0.05, 0.1) is 13.2 Å². The molecule has 0 saturated heterocycles. The molecule has 4 nitrogen and oxygen atoms in total. The van der Waals surface area contributed by atoms with E-state index in [1.807, 2.05) is 6.07 Å². The second-order valence-electron chi connectivity index (χ2n) is 5.14. The summed E-state index contributed by atoms with van der Waals surface area (Å²) < 4.78 is 0. The molecule has 1 aliphatic rings. The quantitative estimate of drug-likeness (QED) is 0.830. The third-order valence-corrected chi connectivity index (χ3v) is 3.77. The van der Waals surface area contributed by atoms with Gasteiger partial charge < -0.3 is 10.4 Å². The van der Waals surface area contributed by atoms with Crippen LogP contribution in [0.25, 0.3) is 0 Å². The van der Waals surface area contributed by atoms with Gasteiger partial charge in [0.2, 0.25) is 0 Å². The van der Waals surface area contributed by atoms with Crippen molar-refractivity contribution in [2.45, 2.75) is 44.7 Å². The maximum Gasteiger partial charge on any atom is 0.141 e. The topological polar surface area (TPSA) is 58.0 Å². The van der Waals surface area contributed by atoms with E-state index in [0.717, 1.165) is 24.6 Å². The average Bonchev–Trinajstić information content (AvgIpc) is 2.40. The molecule has 1 heterocycles. The molecule has 1 aliphatic carbocycles. The lowest BCUT2D eigenvalue weighted by Gasteiger charge is -2.38. The van der Waals surface area contributed by atoms with Gasteiger partial charge in [0, 0.05) is 17.9 Å². The summed E-state index contributed by atoms with van der Waals surface area (Å²) in [6, 6.07) is 1.81. The molecule has 94 valence electrons. The number of hydrogen-bond donors (Lipinski definition) is 2. The van der Waals surface area contributed by atoms with Gasteiger partial charge in [0.25, 0.3) is 0 Å². The van der Waals surface area contributed by atoms with Crippen LogP contribution < -0.4 is 5.32 Å². The summed E-state index contributed by atoms with van der Waals surface area (Å²) >= 11 is 0. The van der Waals surface area contributed by atoms with E-state index in [2.05, 4.69) is 22.2 Å². The van der Waals surface area contributed by atoms with Crippen LogP contribution >= 0.6 is 0 Å². The van der Waals surface area contributed by atoms with Crippen LogP contribution in [0.15, 0.2) is 18.5 Å². The molecule has 0 amide bonds. The standard InChI is InChI=1S/C13H21N3O/c1-11-3-5-13(10-17,6-4-11)16-9-12-14-7-2-8-15-12/h2,7-8,11,16-17H,3-6,9-10H2,1H3. The Kier molecular flexibility index (Phi) is 4.07. The van der Waals surface area contributed by atoms with Gasteiger partial charge in [-0.15, -0.1) is 0 Å². The first-order chi connectivity index (χ1) is 8.24. The second kappa shape index (κ2) is 5.56. The number of aliphatic hydroxyl groups excluding tert-OH is 1. The van der Waals surface area contributed by atoms with E-state index in [1.54, 1.807) is 12.4 Å². The molecule has 0 atom stereocenters. The Morgan fingerprint density at radius 1 is 1.35 bits per heavy atom. The normalized spacial score (nSPS) is 29.2. The highest BCUT2D eigenvalue weighted by Gasteiger charge is 2.33. The smallest absolute Gasteiger partial charge is 0.141 e. The number of rotatable bonds is 4. The fraction of sp³-hybridized carbons (Fsp3) is 0.692. The Morgan fingerprint density at radius 2 is 2.00 bits per heavy atom. The Labute approximate surface area is 102 Å². The van der Waals surface area contributed by atoms with Gasteiger partial charge in [-0.3, -0.25) is 0 Å². The Balaban J connectivity index is 1.91. The van der Waals surface area contributed by atoms with Crippen LogP contribution in [0.5, 0.6) is 0 Å². The number of nitrogens with one attached hydrogen (secondary N) is 1. The molecule has 2 rings (SSSR count).